The average Bonchev–Trinajstić information content (AvgIpc) is 2.42. The summed E-state index contributed by atoms with van der Waals surface area (Å²) < 4.78 is 10.7. The van der Waals surface area contributed by atoms with Gasteiger partial charge in [0, 0.05) is 29.0 Å². The second-order valence-electron chi connectivity index (χ2n) is 5.87. The minimum atomic E-state index is -0.421. The fraction of sp³-hybridized carbons (Fsp3) is 0.500. The van der Waals surface area contributed by atoms with E-state index in [0.29, 0.717) is 28.8 Å². The third-order valence-electron chi connectivity index (χ3n) is 2.80. The maximum absolute atomic E-state index is 11.0. The van der Waals surface area contributed by atoms with Crippen LogP contribution in [0.1, 0.15) is 31.9 Å². The van der Waals surface area contributed by atoms with Crippen LogP contribution in [-0.2, 0) is 17.1 Å². The number of nitrogens with two attached hydrogens (primary N) is 1. The molecule has 2 rings (SSSR count). The molecule has 8 heteroatoms. The van der Waals surface area contributed by atoms with E-state index in [2.05, 4.69) is 4.99 Å². The highest BCUT2D eigenvalue weighted by atomic mass is 32.2. The quantitative estimate of drug-likeness (QED) is 0.397. The number of non-ortho nitro benzene ring substituents is 1. The molecule has 1 aromatic rings. The zero-order valence-electron chi connectivity index (χ0n) is 12.8. The van der Waals surface area contributed by atoms with Crippen LogP contribution in [0.25, 0.3) is 0 Å². The smallest absolute Gasteiger partial charge is 0.270 e. The number of thioether (sulfide) groups is 1. The number of nitro benzene ring substituents is 1. The summed E-state index contributed by atoms with van der Waals surface area (Å²) in [7, 11) is 0. The largest absolute Gasteiger partial charge is 0.467 e. The Morgan fingerprint density at radius 1 is 1.50 bits per heavy atom. The van der Waals surface area contributed by atoms with E-state index in [1.807, 2.05) is 20.8 Å². The molecule has 0 radical (unpaired) electrons. The van der Waals surface area contributed by atoms with Crippen molar-refractivity contribution in [3.63, 3.8) is 0 Å². The Balaban J connectivity index is 2.24. The van der Waals surface area contributed by atoms with Gasteiger partial charge < -0.3 is 15.2 Å². The minimum absolute atomic E-state index is 0.0229. The molecule has 7 nitrogen and oxygen atoms in total. The molecule has 0 saturated heterocycles. The van der Waals surface area contributed by atoms with Crippen molar-refractivity contribution >= 4 is 22.6 Å². The number of aliphatic imine (C=N–C) groups is 1. The van der Waals surface area contributed by atoms with Crippen LogP contribution in [0.5, 0.6) is 5.75 Å². The predicted molar refractivity (Wildman–Crippen MR) is 86.1 cm³/mol. The number of nitrogens with zero attached hydrogens (tertiary/aromatic N) is 2. The first kappa shape index (κ1) is 16.6. The summed E-state index contributed by atoms with van der Waals surface area (Å²) >= 11 is 1.33. The predicted octanol–water partition coefficient (Wildman–Crippen LogP) is 2.81. The van der Waals surface area contributed by atoms with E-state index in [1.165, 1.54) is 23.9 Å². The summed E-state index contributed by atoms with van der Waals surface area (Å²) in [5, 5.41) is 11.5. The van der Waals surface area contributed by atoms with Crippen LogP contribution in [-0.4, -0.2) is 22.4 Å². The van der Waals surface area contributed by atoms with Crippen molar-refractivity contribution in [3.05, 3.63) is 33.4 Å². The van der Waals surface area contributed by atoms with Gasteiger partial charge in [-0.25, -0.2) is 0 Å². The lowest BCUT2D eigenvalue weighted by molar-refractivity contribution is -0.385. The van der Waals surface area contributed by atoms with Crippen molar-refractivity contribution in [1.82, 2.24) is 0 Å². The van der Waals surface area contributed by atoms with Gasteiger partial charge in [-0.15, -0.1) is 0 Å². The Hall–Kier alpha value is -1.80. The van der Waals surface area contributed by atoms with E-state index < -0.39 is 4.92 Å². The normalized spacial score (nSPS) is 15.1. The van der Waals surface area contributed by atoms with Crippen molar-refractivity contribution in [2.24, 2.45) is 10.7 Å². The van der Waals surface area contributed by atoms with Crippen LogP contribution in [0.15, 0.2) is 17.1 Å². The molecule has 0 fully saturated rings. The fourth-order valence-corrected chi connectivity index (χ4v) is 2.86. The maximum atomic E-state index is 11.0. The van der Waals surface area contributed by atoms with Crippen molar-refractivity contribution in [3.8, 4) is 5.75 Å². The summed E-state index contributed by atoms with van der Waals surface area (Å²) in [6.45, 7) is 6.32. The number of benzene rings is 1. The van der Waals surface area contributed by atoms with E-state index in [0.717, 1.165) is 5.56 Å². The number of hydrogen-bond donors (Lipinski definition) is 1. The Labute approximate surface area is 133 Å². The third-order valence-corrected chi connectivity index (χ3v) is 3.65. The van der Waals surface area contributed by atoms with Gasteiger partial charge in [0.1, 0.15) is 5.75 Å². The molecule has 0 unspecified atom stereocenters. The number of ether oxygens (including phenoxy) is 2. The summed E-state index contributed by atoms with van der Waals surface area (Å²) in [6, 6.07) is 3.00. The summed E-state index contributed by atoms with van der Waals surface area (Å²) in [5.41, 5.74) is 7.07. The number of hydrogen-bond acceptors (Lipinski definition) is 6. The molecule has 0 aliphatic carbocycles. The van der Waals surface area contributed by atoms with Crippen LogP contribution in [0.4, 0.5) is 5.69 Å². The van der Waals surface area contributed by atoms with Crippen LogP contribution in [0.2, 0.25) is 0 Å². The highest BCUT2D eigenvalue weighted by Gasteiger charge is 2.21. The molecule has 2 N–H and O–H groups in total. The van der Waals surface area contributed by atoms with Gasteiger partial charge >= 0.3 is 0 Å². The topological polar surface area (TPSA) is 100.0 Å². The Morgan fingerprint density at radius 3 is 2.86 bits per heavy atom. The molecule has 1 aliphatic rings. The summed E-state index contributed by atoms with van der Waals surface area (Å²) in [5.74, 6) is 1.10. The second-order valence-corrected chi connectivity index (χ2v) is 6.87. The van der Waals surface area contributed by atoms with Gasteiger partial charge in [0.25, 0.3) is 5.69 Å². The number of amidine groups is 1. The molecular formula is C14H19N3O4S. The van der Waals surface area contributed by atoms with Crippen molar-refractivity contribution in [1.29, 1.82) is 0 Å². The molecule has 0 spiro atoms. The van der Waals surface area contributed by atoms with Crippen molar-refractivity contribution < 1.29 is 14.4 Å². The zero-order chi connectivity index (χ0) is 16.3. The number of rotatable bonds is 3. The molecule has 1 aromatic carbocycles. The Bertz CT molecular complexity index is 611. The van der Waals surface area contributed by atoms with E-state index in [1.54, 1.807) is 0 Å². The molecule has 0 saturated carbocycles. The highest BCUT2D eigenvalue weighted by molar-refractivity contribution is 8.13. The SMILES string of the molecule is CC(C)(C)N=C(N)SCc1cc([N+](=O)[O-])cc2c1OCOC2. The van der Waals surface area contributed by atoms with E-state index in [9.17, 15) is 10.1 Å². The first-order valence-electron chi connectivity index (χ1n) is 6.75. The lowest BCUT2D eigenvalue weighted by Crippen LogP contribution is -2.18. The van der Waals surface area contributed by atoms with E-state index in [4.69, 9.17) is 15.2 Å². The van der Waals surface area contributed by atoms with Crippen LogP contribution in [0, 0.1) is 10.1 Å². The van der Waals surface area contributed by atoms with Crippen molar-refractivity contribution in [2.45, 2.75) is 38.7 Å². The standard InChI is InChI=1S/C14H19N3O4S/c1-14(2,3)16-13(15)22-7-10-5-11(17(18)19)4-9-6-20-8-21-12(9)10/h4-5H,6-8H2,1-3H3,(H2,15,16). The lowest BCUT2D eigenvalue weighted by Gasteiger charge is -2.20. The van der Waals surface area contributed by atoms with E-state index >= 15 is 0 Å². The van der Waals surface area contributed by atoms with Gasteiger partial charge in [-0.3, -0.25) is 15.1 Å². The zero-order valence-corrected chi connectivity index (χ0v) is 13.6. The van der Waals surface area contributed by atoms with Crippen LogP contribution >= 0.6 is 11.8 Å². The number of fused-ring (bicyclic) bond motifs is 1. The van der Waals surface area contributed by atoms with Gasteiger partial charge in [-0.05, 0) is 20.8 Å². The third kappa shape index (κ3) is 4.35. The van der Waals surface area contributed by atoms with Crippen LogP contribution < -0.4 is 10.5 Å². The fourth-order valence-electron chi connectivity index (χ4n) is 2.01. The lowest BCUT2D eigenvalue weighted by atomic mass is 10.1. The van der Waals surface area contributed by atoms with Gasteiger partial charge in [0.2, 0.25) is 0 Å². The number of nitro groups is 1. The van der Waals surface area contributed by atoms with Crippen molar-refractivity contribution in [2.75, 3.05) is 6.79 Å². The molecular weight excluding hydrogens is 306 g/mol. The van der Waals surface area contributed by atoms with Crippen LogP contribution in [0.3, 0.4) is 0 Å². The second kappa shape index (κ2) is 6.53. The Morgan fingerprint density at radius 2 is 2.23 bits per heavy atom. The molecule has 0 atom stereocenters. The molecule has 1 aliphatic heterocycles. The maximum Gasteiger partial charge on any atom is 0.270 e. The molecule has 0 aromatic heterocycles. The summed E-state index contributed by atoms with van der Waals surface area (Å²) in [4.78, 5) is 15.0. The first-order chi connectivity index (χ1) is 10.3. The van der Waals surface area contributed by atoms with Gasteiger partial charge in [0.15, 0.2) is 12.0 Å². The molecule has 1 heterocycles. The Kier molecular flexibility index (Phi) is 4.92. The molecule has 0 amide bonds. The first-order valence-corrected chi connectivity index (χ1v) is 7.73. The van der Waals surface area contributed by atoms with Gasteiger partial charge in [0.05, 0.1) is 17.1 Å². The van der Waals surface area contributed by atoms with E-state index in [-0.39, 0.29) is 18.0 Å². The van der Waals surface area contributed by atoms with Gasteiger partial charge in [-0.1, -0.05) is 11.8 Å². The molecule has 0 bridgehead atoms. The molecule has 120 valence electrons. The average molecular weight is 325 g/mol. The monoisotopic (exact) mass is 325 g/mol. The summed E-state index contributed by atoms with van der Waals surface area (Å²) in [6.07, 6.45) is 0. The minimum Gasteiger partial charge on any atom is -0.467 e. The molecule has 22 heavy (non-hydrogen) atoms. The highest BCUT2D eigenvalue weighted by Crippen LogP contribution is 2.34. The van der Waals surface area contributed by atoms with Gasteiger partial charge in [-0.2, -0.15) is 0 Å².